The zero-order valence-electron chi connectivity index (χ0n) is 21.0. The number of nitrogens with two attached hydrogens (primary N) is 1. The predicted octanol–water partition coefficient (Wildman–Crippen LogP) is 5.45. The normalized spacial score (nSPS) is 12.1. The van der Waals surface area contributed by atoms with Crippen molar-refractivity contribution in [2.24, 2.45) is 0 Å². The average Bonchev–Trinajstić information content (AvgIpc) is 2.93. The molecule has 0 unspecified atom stereocenters. The van der Waals surface area contributed by atoms with E-state index in [2.05, 4.69) is 25.3 Å². The summed E-state index contributed by atoms with van der Waals surface area (Å²) < 4.78 is 1.76. The van der Waals surface area contributed by atoms with Gasteiger partial charge in [-0.05, 0) is 66.8 Å². The van der Waals surface area contributed by atoms with Crippen molar-refractivity contribution >= 4 is 33.6 Å². The van der Waals surface area contributed by atoms with Crippen LogP contribution in [0, 0.1) is 6.92 Å². The first-order valence-corrected chi connectivity index (χ1v) is 12.3. The van der Waals surface area contributed by atoms with E-state index in [1.807, 2.05) is 80.6 Å². The van der Waals surface area contributed by atoms with Crippen LogP contribution in [-0.2, 0) is 0 Å². The van der Waals surface area contributed by atoms with Gasteiger partial charge in [0, 0.05) is 35.5 Å². The second kappa shape index (κ2) is 9.40. The molecule has 0 aliphatic carbocycles. The molecule has 8 heteroatoms. The fourth-order valence-electron chi connectivity index (χ4n) is 4.85. The number of nitrogens with one attached hydrogen (secondary N) is 1. The van der Waals surface area contributed by atoms with Crippen molar-refractivity contribution in [1.82, 2.24) is 24.5 Å². The van der Waals surface area contributed by atoms with Gasteiger partial charge in [-0.3, -0.25) is 19.3 Å². The standard InChI is InChI=1S/C30H25N7O/c1-18-14-21(17-32-16-18)23-11-6-8-20-15-25(37(29(38)26(20)23)22-9-4-3-5-10-22)19(2)34-28-27-24(12-7-13-33-27)35-30(31)36-28/h3-17,19H,1-2H3,(H3,31,34,35,36)/t19-/m0/s1. The van der Waals surface area contributed by atoms with E-state index >= 15 is 0 Å². The Morgan fingerprint density at radius 1 is 0.947 bits per heavy atom. The third-order valence-corrected chi connectivity index (χ3v) is 6.54. The zero-order chi connectivity index (χ0) is 26.2. The lowest BCUT2D eigenvalue weighted by molar-refractivity contribution is 0.774. The summed E-state index contributed by atoms with van der Waals surface area (Å²) in [5.41, 5.74) is 11.5. The summed E-state index contributed by atoms with van der Waals surface area (Å²) in [6.45, 7) is 3.98. The Morgan fingerprint density at radius 2 is 1.79 bits per heavy atom. The van der Waals surface area contributed by atoms with Crippen LogP contribution in [0.1, 0.15) is 24.2 Å². The molecule has 0 radical (unpaired) electrons. The lowest BCUT2D eigenvalue weighted by atomic mass is 9.98. The third-order valence-electron chi connectivity index (χ3n) is 6.54. The number of aryl methyl sites for hydroxylation is 1. The molecular formula is C30H25N7O. The van der Waals surface area contributed by atoms with E-state index in [-0.39, 0.29) is 17.5 Å². The van der Waals surface area contributed by atoms with Crippen molar-refractivity contribution in [2.75, 3.05) is 11.1 Å². The van der Waals surface area contributed by atoms with Gasteiger partial charge >= 0.3 is 0 Å². The molecule has 0 saturated carbocycles. The van der Waals surface area contributed by atoms with Gasteiger partial charge in [0.25, 0.3) is 5.56 Å². The molecular weight excluding hydrogens is 474 g/mol. The highest BCUT2D eigenvalue weighted by Gasteiger charge is 2.20. The summed E-state index contributed by atoms with van der Waals surface area (Å²) in [6.07, 6.45) is 5.29. The lowest BCUT2D eigenvalue weighted by Crippen LogP contribution is -2.26. The SMILES string of the molecule is Cc1cncc(-c2cccc3cc([C@H](C)Nc4nc(N)nc5cccnc45)n(-c4ccccc4)c(=O)c23)c1. The number of benzene rings is 2. The third kappa shape index (κ3) is 4.12. The van der Waals surface area contributed by atoms with Crippen molar-refractivity contribution in [3.8, 4) is 16.8 Å². The number of hydrogen-bond acceptors (Lipinski definition) is 7. The number of nitrogens with zero attached hydrogens (tertiary/aromatic N) is 5. The van der Waals surface area contributed by atoms with Crippen molar-refractivity contribution in [3.05, 3.63) is 113 Å². The Hall–Kier alpha value is -5.11. The van der Waals surface area contributed by atoms with Crippen molar-refractivity contribution in [1.29, 1.82) is 0 Å². The van der Waals surface area contributed by atoms with Gasteiger partial charge in [-0.15, -0.1) is 0 Å². The van der Waals surface area contributed by atoms with Gasteiger partial charge in [-0.25, -0.2) is 4.98 Å². The largest absolute Gasteiger partial charge is 0.368 e. The highest BCUT2D eigenvalue weighted by molar-refractivity contribution is 5.96. The van der Waals surface area contributed by atoms with E-state index in [4.69, 9.17) is 5.73 Å². The first kappa shape index (κ1) is 23.3. The highest BCUT2D eigenvalue weighted by atomic mass is 16.1. The summed E-state index contributed by atoms with van der Waals surface area (Å²) in [5, 5.41) is 4.91. The number of aromatic nitrogens is 5. The number of anilines is 2. The molecule has 6 aromatic rings. The van der Waals surface area contributed by atoms with Crippen molar-refractivity contribution in [3.63, 3.8) is 0 Å². The molecule has 0 spiro atoms. The quantitative estimate of drug-likeness (QED) is 0.324. The van der Waals surface area contributed by atoms with Crippen LogP contribution in [0.5, 0.6) is 0 Å². The maximum Gasteiger partial charge on any atom is 0.263 e. The smallest absolute Gasteiger partial charge is 0.263 e. The molecule has 38 heavy (non-hydrogen) atoms. The predicted molar refractivity (Wildman–Crippen MR) is 151 cm³/mol. The summed E-state index contributed by atoms with van der Waals surface area (Å²) in [6, 6.07) is 23.0. The first-order chi connectivity index (χ1) is 18.5. The molecule has 3 N–H and O–H groups in total. The molecule has 0 fully saturated rings. The van der Waals surface area contributed by atoms with Crippen LogP contribution < -0.4 is 16.6 Å². The molecule has 8 nitrogen and oxygen atoms in total. The van der Waals surface area contributed by atoms with E-state index in [1.54, 1.807) is 29.2 Å². The van der Waals surface area contributed by atoms with E-state index < -0.39 is 0 Å². The van der Waals surface area contributed by atoms with E-state index in [9.17, 15) is 4.79 Å². The maximum absolute atomic E-state index is 14.3. The minimum Gasteiger partial charge on any atom is -0.368 e. The van der Waals surface area contributed by atoms with Crippen LogP contribution in [0.3, 0.4) is 0 Å². The second-order valence-electron chi connectivity index (χ2n) is 9.23. The minimum atomic E-state index is -0.323. The van der Waals surface area contributed by atoms with E-state index in [1.165, 1.54) is 0 Å². The minimum absolute atomic E-state index is 0.111. The molecule has 0 saturated heterocycles. The molecule has 0 aliphatic heterocycles. The Kier molecular flexibility index (Phi) is 5.76. The van der Waals surface area contributed by atoms with Gasteiger partial charge in [0.1, 0.15) is 5.52 Å². The molecule has 0 aliphatic rings. The Morgan fingerprint density at radius 3 is 2.61 bits per heavy atom. The van der Waals surface area contributed by atoms with Crippen LogP contribution in [-0.4, -0.2) is 24.5 Å². The Labute approximate surface area is 218 Å². The number of pyridine rings is 3. The molecule has 0 amide bonds. The Balaban J connectivity index is 1.57. The first-order valence-electron chi connectivity index (χ1n) is 12.3. The molecule has 0 bridgehead atoms. The molecule has 4 heterocycles. The monoisotopic (exact) mass is 499 g/mol. The van der Waals surface area contributed by atoms with E-state index in [0.29, 0.717) is 22.2 Å². The second-order valence-corrected chi connectivity index (χ2v) is 9.23. The summed E-state index contributed by atoms with van der Waals surface area (Å²) in [7, 11) is 0. The summed E-state index contributed by atoms with van der Waals surface area (Å²) >= 11 is 0. The van der Waals surface area contributed by atoms with Gasteiger partial charge in [0.2, 0.25) is 5.95 Å². The lowest BCUT2D eigenvalue weighted by Gasteiger charge is -2.22. The zero-order valence-corrected chi connectivity index (χ0v) is 21.0. The number of para-hydroxylation sites is 1. The van der Waals surface area contributed by atoms with Gasteiger partial charge in [-0.2, -0.15) is 4.98 Å². The molecule has 1 atom stereocenters. The average molecular weight is 500 g/mol. The van der Waals surface area contributed by atoms with Crippen LogP contribution >= 0.6 is 0 Å². The molecule has 4 aromatic heterocycles. The van der Waals surface area contributed by atoms with Gasteiger partial charge in [0.05, 0.1) is 16.9 Å². The number of nitrogen functional groups attached to an aromatic ring is 1. The number of rotatable bonds is 5. The number of hydrogen-bond donors (Lipinski definition) is 2. The van der Waals surface area contributed by atoms with Crippen LogP contribution in [0.25, 0.3) is 38.6 Å². The van der Waals surface area contributed by atoms with Gasteiger partial charge in [0.15, 0.2) is 5.82 Å². The van der Waals surface area contributed by atoms with Crippen molar-refractivity contribution < 1.29 is 0 Å². The number of fused-ring (bicyclic) bond motifs is 2. The van der Waals surface area contributed by atoms with Gasteiger partial charge in [-0.1, -0.05) is 36.4 Å². The van der Waals surface area contributed by atoms with Crippen LogP contribution in [0.4, 0.5) is 11.8 Å². The fraction of sp³-hybridized carbons (Fsp3) is 0.100. The summed E-state index contributed by atoms with van der Waals surface area (Å²) in [5.74, 6) is 0.655. The van der Waals surface area contributed by atoms with E-state index in [0.717, 1.165) is 33.5 Å². The summed E-state index contributed by atoms with van der Waals surface area (Å²) in [4.78, 5) is 31.8. The molecule has 2 aromatic carbocycles. The Bertz CT molecular complexity index is 1870. The van der Waals surface area contributed by atoms with Gasteiger partial charge < -0.3 is 11.1 Å². The fourth-order valence-corrected chi connectivity index (χ4v) is 4.85. The van der Waals surface area contributed by atoms with Crippen molar-refractivity contribution in [2.45, 2.75) is 19.9 Å². The topological polar surface area (TPSA) is 112 Å². The molecule has 186 valence electrons. The van der Waals surface area contributed by atoms with Crippen LogP contribution in [0.2, 0.25) is 0 Å². The molecule has 6 rings (SSSR count). The highest BCUT2D eigenvalue weighted by Crippen LogP contribution is 2.31. The maximum atomic E-state index is 14.3. The van der Waals surface area contributed by atoms with Crippen LogP contribution in [0.15, 0.2) is 96.2 Å².